The maximum absolute atomic E-state index is 6.03. The van der Waals surface area contributed by atoms with E-state index in [2.05, 4.69) is 20.9 Å². The van der Waals surface area contributed by atoms with E-state index in [0.717, 1.165) is 21.3 Å². The quantitative estimate of drug-likeness (QED) is 0.708. The van der Waals surface area contributed by atoms with Crippen molar-refractivity contribution in [3.05, 3.63) is 41.0 Å². The van der Waals surface area contributed by atoms with Gasteiger partial charge in [-0.1, -0.05) is 45.7 Å². The fourth-order valence-electron chi connectivity index (χ4n) is 1.31. The molecule has 0 amide bonds. The number of aromatic nitrogens is 1. The minimum atomic E-state index is 0.757. The lowest BCUT2D eigenvalue weighted by Crippen LogP contribution is -1.85. The molecule has 13 heavy (non-hydrogen) atoms. The summed E-state index contributed by atoms with van der Waals surface area (Å²) >= 11 is 9.45. The molecule has 0 aliphatic heterocycles. The largest absolute Gasteiger partial charge is 0.256 e. The number of para-hydroxylation sites is 1. The van der Waals surface area contributed by atoms with Crippen molar-refractivity contribution in [2.45, 2.75) is 5.33 Å². The Hall–Kier alpha value is -0.600. The molecule has 0 fully saturated rings. The zero-order chi connectivity index (χ0) is 9.26. The summed E-state index contributed by atoms with van der Waals surface area (Å²) in [6, 6.07) is 7.83. The predicted molar refractivity (Wildman–Crippen MR) is 59.4 cm³/mol. The van der Waals surface area contributed by atoms with Crippen LogP contribution in [0.15, 0.2) is 30.5 Å². The van der Waals surface area contributed by atoms with Crippen LogP contribution in [0.1, 0.15) is 5.56 Å². The van der Waals surface area contributed by atoms with E-state index in [-0.39, 0.29) is 0 Å². The van der Waals surface area contributed by atoms with Gasteiger partial charge in [-0.2, -0.15) is 0 Å². The zero-order valence-electron chi connectivity index (χ0n) is 6.80. The van der Waals surface area contributed by atoms with Crippen LogP contribution in [0.4, 0.5) is 0 Å². The van der Waals surface area contributed by atoms with E-state index in [1.165, 1.54) is 5.56 Å². The van der Waals surface area contributed by atoms with Crippen molar-refractivity contribution in [2.24, 2.45) is 0 Å². The Morgan fingerprint density at radius 1 is 1.31 bits per heavy atom. The molecule has 0 saturated carbocycles. The van der Waals surface area contributed by atoms with E-state index >= 15 is 0 Å². The van der Waals surface area contributed by atoms with E-state index in [4.69, 9.17) is 11.6 Å². The second-order valence-electron chi connectivity index (χ2n) is 2.74. The number of halogens is 2. The Morgan fingerprint density at radius 2 is 2.15 bits per heavy atom. The van der Waals surface area contributed by atoms with E-state index in [1.54, 1.807) is 6.20 Å². The van der Waals surface area contributed by atoms with Gasteiger partial charge in [0.15, 0.2) is 0 Å². The molecule has 3 heteroatoms. The van der Waals surface area contributed by atoms with Crippen LogP contribution in [0.5, 0.6) is 0 Å². The predicted octanol–water partition coefficient (Wildman–Crippen LogP) is 3.78. The smallest absolute Gasteiger partial charge is 0.0757 e. The van der Waals surface area contributed by atoms with Crippen LogP contribution in [0.2, 0.25) is 5.02 Å². The van der Waals surface area contributed by atoms with Gasteiger partial charge in [0.25, 0.3) is 0 Å². The number of pyridine rings is 1. The SMILES string of the molecule is Clc1ccnc2c(CBr)cccc12. The highest BCUT2D eigenvalue weighted by molar-refractivity contribution is 9.08. The molecular formula is C10H7BrClN. The van der Waals surface area contributed by atoms with Gasteiger partial charge < -0.3 is 0 Å². The Kier molecular flexibility index (Phi) is 2.51. The number of hydrogen-bond donors (Lipinski definition) is 0. The van der Waals surface area contributed by atoms with Crippen molar-refractivity contribution in [3.8, 4) is 0 Å². The fraction of sp³-hybridized carbons (Fsp3) is 0.100. The molecule has 1 aromatic heterocycles. The molecular weight excluding hydrogens is 249 g/mol. The first-order valence-corrected chi connectivity index (χ1v) is 5.41. The molecule has 0 aliphatic rings. The molecule has 2 aromatic rings. The van der Waals surface area contributed by atoms with E-state index in [0.29, 0.717) is 0 Å². The molecule has 0 N–H and O–H groups in total. The molecule has 0 unspecified atom stereocenters. The first-order chi connectivity index (χ1) is 6.33. The molecule has 0 aliphatic carbocycles. The molecule has 0 saturated heterocycles. The molecule has 0 bridgehead atoms. The lowest BCUT2D eigenvalue weighted by molar-refractivity contribution is 1.36. The summed E-state index contributed by atoms with van der Waals surface area (Å²) < 4.78 is 0. The first-order valence-electron chi connectivity index (χ1n) is 3.91. The van der Waals surface area contributed by atoms with Crippen LogP contribution in [0.25, 0.3) is 10.9 Å². The fourth-order valence-corrected chi connectivity index (χ4v) is 1.97. The molecule has 1 heterocycles. The molecule has 2 rings (SSSR count). The van der Waals surface area contributed by atoms with Gasteiger partial charge in [0.1, 0.15) is 0 Å². The Bertz CT molecular complexity index is 442. The normalized spacial score (nSPS) is 10.6. The van der Waals surface area contributed by atoms with Crippen molar-refractivity contribution in [2.75, 3.05) is 0 Å². The van der Waals surface area contributed by atoms with Gasteiger partial charge in [-0.3, -0.25) is 4.98 Å². The molecule has 0 spiro atoms. The van der Waals surface area contributed by atoms with Crippen LogP contribution >= 0.6 is 27.5 Å². The summed E-state index contributed by atoms with van der Waals surface area (Å²) in [5, 5.41) is 2.58. The van der Waals surface area contributed by atoms with Crippen LogP contribution in [-0.4, -0.2) is 4.98 Å². The lowest BCUT2D eigenvalue weighted by Gasteiger charge is -2.02. The average molecular weight is 257 g/mol. The van der Waals surface area contributed by atoms with Crippen molar-refractivity contribution in [1.29, 1.82) is 0 Å². The Morgan fingerprint density at radius 3 is 2.92 bits per heavy atom. The maximum Gasteiger partial charge on any atom is 0.0757 e. The Balaban J connectivity index is 2.84. The molecule has 1 aromatic carbocycles. The van der Waals surface area contributed by atoms with Crippen LogP contribution in [0, 0.1) is 0 Å². The van der Waals surface area contributed by atoms with Crippen molar-refractivity contribution in [1.82, 2.24) is 4.98 Å². The van der Waals surface area contributed by atoms with Crippen LogP contribution in [0.3, 0.4) is 0 Å². The summed E-state index contributed by atoms with van der Waals surface area (Å²) in [5.74, 6) is 0. The second kappa shape index (κ2) is 3.64. The van der Waals surface area contributed by atoms with Crippen molar-refractivity contribution in [3.63, 3.8) is 0 Å². The van der Waals surface area contributed by atoms with E-state index in [1.807, 2.05) is 24.3 Å². The summed E-state index contributed by atoms with van der Waals surface area (Å²) in [6.45, 7) is 0. The van der Waals surface area contributed by atoms with Gasteiger partial charge in [-0.15, -0.1) is 0 Å². The lowest BCUT2D eigenvalue weighted by atomic mass is 10.1. The molecule has 1 nitrogen and oxygen atoms in total. The number of fused-ring (bicyclic) bond motifs is 1. The van der Waals surface area contributed by atoms with Crippen molar-refractivity contribution < 1.29 is 0 Å². The third kappa shape index (κ3) is 1.56. The number of hydrogen-bond acceptors (Lipinski definition) is 1. The number of nitrogens with zero attached hydrogens (tertiary/aromatic N) is 1. The third-order valence-corrected chi connectivity index (χ3v) is 2.88. The summed E-state index contributed by atoms with van der Waals surface area (Å²) in [6.07, 6.45) is 1.73. The number of rotatable bonds is 1. The van der Waals surface area contributed by atoms with Gasteiger partial charge >= 0.3 is 0 Å². The maximum atomic E-state index is 6.03. The van der Waals surface area contributed by atoms with Gasteiger partial charge in [0, 0.05) is 16.9 Å². The van der Waals surface area contributed by atoms with Crippen molar-refractivity contribution >= 4 is 38.4 Å². The highest BCUT2D eigenvalue weighted by Crippen LogP contribution is 2.24. The standard InChI is InChI=1S/C10H7BrClN/c11-6-7-2-1-3-8-9(12)4-5-13-10(7)8/h1-5H,6H2. The minimum absolute atomic E-state index is 0.757. The number of benzene rings is 1. The average Bonchev–Trinajstić information content (AvgIpc) is 2.18. The third-order valence-electron chi connectivity index (χ3n) is 1.95. The second-order valence-corrected chi connectivity index (χ2v) is 3.71. The highest BCUT2D eigenvalue weighted by atomic mass is 79.9. The number of alkyl halides is 1. The van der Waals surface area contributed by atoms with Gasteiger partial charge in [-0.05, 0) is 11.6 Å². The molecule has 0 radical (unpaired) electrons. The van der Waals surface area contributed by atoms with E-state index < -0.39 is 0 Å². The highest BCUT2D eigenvalue weighted by Gasteiger charge is 2.02. The summed E-state index contributed by atoms with van der Waals surface area (Å²) in [7, 11) is 0. The minimum Gasteiger partial charge on any atom is -0.256 e. The van der Waals surface area contributed by atoms with E-state index in [9.17, 15) is 0 Å². The molecule has 66 valence electrons. The zero-order valence-corrected chi connectivity index (χ0v) is 9.14. The topological polar surface area (TPSA) is 12.9 Å². The van der Waals surface area contributed by atoms with Gasteiger partial charge in [0.2, 0.25) is 0 Å². The van der Waals surface area contributed by atoms with Crippen LogP contribution < -0.4 is 0 Å². The monoisotopic (exact) mass is 255 g/mol. The van der Waals surface area contributed by atoms with Gasteiger partial charge in [-0.25, -0.2) is 0 Å². The summed E-state index contributed by atoms with van der Waals surface area (Å²) in [5.41, 5.74) is 2.15. The van der Waals surface area contributed by atoms with Gasteiger partial charge in [0.05, 0.1) is 10.5 Å². The summed E-state index contributed by atoms with van der Waals surface area (Å²) in [4.78, 5) is 4.30. The Labute approximate surface area is 89.9 Å². The van der Waals surface area contributed by atoms with Crippen LogP contribution in [-0.2, 0) is 5.33 Å². The molecule has 0 atom stereocenters. The first kappa shape index (κ1) is 8.97.